The Morgan fingerprint density at radius 2 is 2.00 bits per heavy atom. The van der Waals surface area contributed by atoms with Gasteiger partial charge in [0.05, 0.1) is 6.04 Å². The fourth-order valence-corrected chi connectivity index (χ4v) is 1.07. The van der Waals surface area contributed by atoms with Crippen LogP contribution in [0.15, 0.2) is 12.1 Å². The largest absolute Gasteiger partial charge is 0.505 e. The molecule has 0 saturated heterocycles. The summed E-state index contributed by atoms with van der Waals surface area (Å²) < 4.78 is 26.0. The van der Waals surface area contributed by atoms with Gasteiger partial charge in [0.15, 0.2) is 11.6 Å². The number of aromatic hydroxyl groups is 1. The average molecular weight is 216 g/mol. The first kappa shape index (κ1) is 11.4. The summed E-state index contributed by atoms with van der Waals surface area (Å²) in [5, 5.41) is 8.83. The molecule has 1 rings (SSSR count). The zero-order valence-electron chi connectivity index (χ0n) is 7.71. The molecule has 0 spiro atoms. The van der Waals surface area contributed by atoms with E-state index in [2.05, 4.69) is 0 Å². The van der Waals surface area contributed by atoms with Gasteiger partial charge in [-0.1, -0.05) is 6.07 Å². The molecule has 0 heterocycles. The minimum Gasteiger partial charge on any atom is -0.505 e. The van der Waals surface area contributed by atoms with Crippen molar-refractivity contribution in [1.82, 2.24) is 0 Å². The number of hydrogen-bond acceptors (Lipinski definition) is 3. The second-order valence-corrected chi connectivity index (χ2v) is 3.08. The Morgan fingerprint density at radius 1 is 1.40 bits per heavy atom. The highest BCUT2D eigenvalue weighted by molar-refractivity contribution is 5.79. The molecule has 1 amide bonds. The van der Waals surface area contributed by atoms with E-state index in [1.165, 1.54) is 0 Å². The predicted octanol–water partition coefficient (Wildman–Crippen LogP) is 0.0255. The Kier molecular flexibility index (Phi) is 3.21. The van der Waals surface area contributed by atoms with Gasteiger partial charge in [-0.2, -0.15) is 4.39 Å². The maximum atomic E-state index is 13.1. The van der Waals surface area contributed by atoms with Crippen molar-refractivity contribution in [3.63, 3.8) is 0 Å². The normalized spacial score (nSPS) is 12.5. The van der Waals surface area contributed by atoms with Gasteiger partial charge in [-0.15, -0.1) is 0 Å². The summed E-state index contributed by atoms with van der Waals surface area (Å²) in [6.45, 7) is 0. The minimum absolute atomic E-state index is 0.100. The summed E-state index contributed by atoms with van der Waals surface area (Å²) in [6.07, 6.45) is -0.210. The Balaban J connectivity index is 2.97. The van der Waals surface area contributed by atoms with Gasteiger partial charge in [0.1, 0.15) is 0 Å². The van der Waals surface area contributed by atoms with Crippen LogP contribution in [-0.4, -0.2) is 17.1 Å². The van der Waals surface area contributed by atoms with Crippen LogP contribution >= 0.6 is 0 Å². The molecule has 0 aliphatic rings. The number of primary amides is 1. The molecule has 1 aromatic carbocycles. The van der Waals surface area contributed by atoms with Gasteiger partial charge < -0.3 is 16.6 Å². The van der Waals surface area contributed by atoms with E-state index in [0.29, 0.717) is 0 Å². The summed E-state index contributed by atoms with van der Waals surface area (Å²) in [6, 6.07) is 1.06. The van der Waals surface area contributed by atoms with E-state index in [4.69, 9.17) is 16.6 Å². The molecule has 1 aromatic rings. The lowest BCUT2D eigenvalue weighted by Crippen LogP contribution is -2.38. The number of carbonyl (C=O) groups excluding carboxylic acids is 1. The van der Waals surface area contributed by atoms with E-state index in [9.17, 15) is 13.6 Å². The standard InChI is InChI=1S/C9H10F2N2O2/c10-7-4(3-5(12)9(13)15)1-2-6(14)8(7)11/h1-2,5,14H,3,12H2,(H2,13,15)/t5-/m0/s1. The first-order valence-corrected chi connectivity index (χ1v) is 4.14. The Bertz CT molecular complexity index is 396. The molecule has 0 aliphatic carbocycles. The Morgan fingerprint density at radius 3 is 2.53 bits per heavy atom. The number of amides is 1. The molecule has 0 aromatic heterocycles. The quantitative estimate of drug-likeness (QED) is 0.665. The van der Waals surface area contributed by atoms with Crippen LogP contribution in [-0.2, 0) is 11.2 Å². The molecule has 0 saturated carbocycles. The van der Waals surface area contributed by atoms with Crippen LogP contribution in [0.1, 0.15) is 5.56 Å². The summed E-state index contributed by atoms with van der Waals surface area (Å²) in [4.78, 5) is 10.6. The van der Waals surface area contributed by atoms with Gasteiger partial charge in [-0.05, 0) is 18.1 Å². The second kappa shape index (κ2) is 4.22. The predicted molar refractivity (Wildman–Crippen MR) is 48.9 cm³/mol. The lowest BCUT2D eigenvalue weighted by Gasteiger charge is -2.09. The van der Waals surface area contributed by atoms with Crippen LogP contribution in [0.4, 0.5) is 8.78 Å². The van der Waals surface area contributed by atoms with Gasteiger partial charge in [0.2, 0.25) is 11.7 Å². The van der Waals surface area contributed by atoms with Gasteiger partial charge in [-0.3, -0.25) is 4.79 Å². The first-order chi connectivity index (χ1) is 6.93. The molecule has 0 unspecified atom stereocenters. The molecular weight excluding hydrogens is 206 g/mol. The van der Waals surface area contributed by atoms with E-state index in [1.807, 2.05) is 0 Å². The van der Waals surface area contributed by atoms with E-state index < -0.39 is 29.3 Å². The molecule has 5 N–H and O–H groups in total. The fraction of sp³-hybridized carbons (Fsp3) is 0.222. The highest BCUT2D eigenvalue weighted by atomic mass is 19.2. The summed E-state index contributed by atoms with van der Waals surface area (Å²) >= 11 is 0. The smallest absolute Gasteiger partial charge is 0.234 e. The molecule has 4 nitrogen and oxygen atoms in total. The number of benzene rings is 1. The Labute approximate surface area is 84.5 Å². The third kappa shape index (κ3) is 2.41. The van der Waals surface area contributed by atoms with Crippen molar-refractivity contribution < 1.29 is 18.7 Å². The molecule has 0 fully saturated rings. The first-order valence-electron chi connectivity index (χ1n) is 4.14. The van der Waals surface area contributed by atoms with Crippen molar-refractivity contribution in [3.05, 3.63) is 29.3 Å². The lowest BCUT2D eigenvalue weighted by atomic mass is 10.1. The number of phenols is 1. The van der Waals surface area contributed by atoms with Gasteiger partial charge in [0.25, 0.3) is 0 Å². The van der Waals surface area contributed by atoms with Crippen LogP contribution in [0.5, 0.6) is 5.75 Å². The van der Waals surface area contributed by atoms with Gasteiger partial charge >= 0.3 is 0 Å². The van der Waals surface area contributed by atoms with Crippen LogP contribution in [0.25, 0.3) is 0 Å². The maximum absolute atomic E-state index is 13.1. The highest BCUT2D eigenvalue weighted by Gasteiger charge is 2.17. The highest BCUT2D eigenvalue weighted by Crippen LogP contribution is 2.21. The molecule has 1 atom stereocenters. The topological polar surface area (TPSA) is 89.3 Å². The summed E-state index contributed by atoms with van der Waals surface area (Å²) in [7, 11) is 0. The average Bonchev–Trinajstić information content (AvgIpc) is 2.18. The summed E-state index contributed by atoms with van der Waals surface area (Å²) in [5.41, 5.74) is 10.1. The second-order valence-electron chi connectivity index (χ2n) is 3.08. The van der Waals surface area contributed by atoms with Crippen molar-refractivity contribution >= 4 is 5.91 Å². The lowest BCUT2D eigenvalue weighted by molar-refractivity contribution is -0.119. The minimum atomic E-state index is -1.36. The number of rotatable bonds is 3. The fourth-order valence-electron chi connectivity index (χ4n) is 1.07. The maximum Gasteiger partial charge on any atom is 0.234 e. The molecule has 0 bridgehead atoms. The zero-order chi connectivity index (χ0) is 11.6. The molecule has 0 aliphatic heterocycles. The molecule has 6 heteroatoms. The number of phenolic OH excluding ortho intramolecular Hbond substituents is 1. The molecule has 0 radical (unpaired) electrons. The van der Waals surface area contributed by atoms with Gasteiger partial charge in [-0.25, -0.2) is 4.39 Å². The SMILES string of the molecule is NC(=O)[C@@H](N)Cc1ccc(O)c(F)c1F. The van der Waals surface area contributed by atoms with E-state index in [-0.39, 0.29) is 12.0 Å². The van der Waals surface area contributed by atoms with Crippen LogP contribution in [0.3, 0.4) is 0 Å². The third-order valence-corrected chi connectivity index (χ3v) is 1.95. The number of hydrogen-bond donors (Lipinski definition) is 3. The van der Waals surface area contributed by atoms with E-state index in [1.54, 1.807) is 0 Å². The molecule has 82 valence electrons. The van der Waals surface area contributed by atoms with Crippen LogP contribution in [0.2, 0.25) is 0 Å². The van der Waals surface area contributed by atoms with Crippen molar-refractivity contribution in [2.75, 3.05) is 0 Å². The van der Waals surface area contributed by atoms with Crippen LogP contribution in [0, 0.1) is 11.6 Å². The van der Waals surface area contributed by atoms with Crippen molar-refractivity contribution in [1.29, 1.82) is 0 Å². The van der Waals surface area contributed by atoms with E-state index >= 15 is 0 Å². The van der Waals surface area contributed by atoms with Crippen molar-refractivity contribution in [2.24, 2.45) is 11.5 Å². The van der Waals surface area contributed by atoms with Gasteiger partial charge in [0, 0.05) is 0 Å². The number of carbonyl (C=O) groups is 1. The summed E-state index contributed by atoms with van der Waals surface area (Å²) in [5.74, 6) is -4.16. The van der Waals surface area contributed by atoms with Crippen molar-refractivity contribution in [3.8, 4) is 5.75 Å². The number of nitrogens with two attached hydrogens (primary N) is 2. The van der Waals surface area contributed by atoms with Crippen molar-refractivity contribution in [2.45, 2.75) is 12.5 Å². The monoisotopic (exact) mass is 216 g/mol. The Hall–Kier alpha value is -1.69. The molecule has 15 heavy (non-hydrogen) atoms. The zero-order valence-corrected chi connectivity index (χ0v) is 7.71. The number of halogens is 2. The molecular formula is C9H10F2N2O2. The van der Waals surface area contributed by atoms with Crippen LogP contribution < -0.4 is 11.5 Å². The third-order valence-electron chi connectivity index (χ3n) is 1.95. The van der Waals surface area contributed by atoms with E-state index in [0.717, 1.165) is 12.1 Å².